The van der Waals surface area contributed by atoms with Crippen LogP contribution in [0.3, 0.4) is 0 Å². The average Bonchev–Trinajstić information content (AvgIpc) is 2.61. The molecule has 1 aliphatic rings. The van der Waals surface area contributed by atoms with Gasteiger partial charge in [-0.3, -0.25) is 4.79 Å². The molecule has 0 aliphatic carbocycles. The Morgan fingerprint density at radius 2 is 1.90 bits per heavy atom. The second kappa shape index (κ2) is 9.65. The van der Waals surface area contributed by atoms with Crippen LogP contribution in [0.2, 0.25) is 5.02 Å². The number of anilines is 1. The molecule has 0 aromatic heterocycles. The third-order valence-corrected chi connectivity index (χ3v) is 4.61. The van der Waals surface area contributed by atoms with Crippen LogP contribution in [0.15, 0.2) is 42.5 Å². The molecule has 2 aromatic carbocycles. The number of amides is 1. The molecule has 0 unspecified atom stereocenters. The van der Waals surface area contributed by atoms with Gasteiger partial charge in [0, 0.05) is 23.2 Å². The predicted octanol–water partition coefficient (Wildman–Crippen LogP) is 5.36. The number of halogens is 6. The second-order valence-electron chi connectivity index (χ2n) is 6.36. The summed E-state index contributed by atoms with van der Waals surface area (Å²) in [4.78, 5) is 12.3. The normalized spacial score (nSPS) is 19.2. The molecule has 0 radical (unpaired) electrons. The van der Waals surface area contributed by atoms with Gasteiger partial charge >= 0.3 is 6.36 Å². The predicted molar refractivity (Wildman–Crippen MR) is 105 cm³/mol. The lowest BCUT2D eigenvalue weighted by molar-refractivity contribution is -0.274. The molecule has 158 valence electrons. The van der Waals surface area contributed by atoms with Crippen LogP contribution in [0, 0.1) is 0 Å². The number of benzene rings is 2. The van der Waals surface area contributed by atoms with Gasteiger partial charge in [0.25, 0.3) is 0 Å². The van der Waals surface area contributed by atoms with Crippen LogP contribution >= 0.6 is 24.0 Å². The van der Waals surface area contributed by atoms with Crippen LogP contribution in [0.25, 0.3) is 11.1 Å². The lowest BCUT2D eigenvalue weighted by Crippen LogP contribution is -2.46. The van der Waals surface area contributed by atoms with Crippen molar-refractivity contribution < 1.29 is 27.1 Å². The van der Waals surface area contributed by atoms with Crippen LogP contribution in [0.5, 0.6) is 5.75 Å². The highest BCUT2D eigenvalue weighted by atomic mass is 35.5. The third kappa shape index (κ3) is 6.22. The number of carbonyl (C=O) groups excluding carboxylic acids is 1. The lowest BCUT2D eigenvalue weighted by atomic mass is 10.0. The van der Waals surface area contributed by atoms with E-state index in [9.17, 15) is 22.4 Å². The van der Waals surface area contributed by atoms with E-state index in [1.165, 1.54) is 36.4 Å². The van der Waals surface area contributed by atoms with E-state index < -0.39 is 24.5 Å². The van der Waals surface area contributed by atoms with Gasteiger partial charge in [0.15, 0.2) is 0 Å². The fourth-order valence-corrected chi connectivity index (χ4v) is 3.30. The first kappa shape index (κ1) is 23.3. The Kier molecular flexibility index (Phi) is 7.73. The quantitative estimate of drug-likeness (QED) is 0.614. The Hall–Kier alpha value is -2.03. The van der Waals surface area contributed by atoms with Crippen LogP contribution in [-0.2, 0) is 4.79 Å². The Labute approximate surface area is 176 Å². The van der Waals surface area contributed by atoms with E-state index in [1.54, 1.807) is 6.07 Å². The van der Waals surface area contributed by atoms with Gasteiger partial charge in [-0.25, -0.2) is 4.39 Å². The molecule has 1 heterocycles. The van der Waals surface area contributed by atoms with E-state index >= 15 is 0 Å². The van der Waals surface area contributed by atoms with Gasteiger partial charge < -0.3 is 15.4 Å². The monoisotopic (exact) mass is 452 g/mol. The summed E-state index contributed by atoms with van der Waals surface area (Å²) in [5, 5.41) is 5.72. The summed E-state index contributed by atoms with van der Waals surface area (Å²) in [6.45, 7) is 0.412. The molecule has 3 rings (SSSR count). The minimum Gasteiger partial charge on any atom is -0.405 e. The highest BCUT2D eigenvalue weighted by molar-refractivity contribution is 6.33. The van der Waals surface area contributed by atoms with Crippen molar-refractivity contribution in [2.24, 2.45) is 0 Å². The molecule has 2 atom stereocenters. The molecule has 0 spiro atoms. The van der Waals surface area contributed by atoms with Gasteiger partial charge in [-0.1, -0.05) is 35.9 Å². The third-order valence-electron chi connectivity index (χ3n) is 4.30. The van der Waals surface area contributed by atoms with Crippen molar-refractivity contribution >= 4 is 35.6 Å². The molecular weight excluding hydrogens is 435 g/mol. The zero-order valence-corrected chi connectivity index (χ0v) is 16.5. The molecule has 0 saturated carbocycles. The lowest BCUT2D eigenvalue weighted by Gasteiger charge is -2.25. The minimum atomic E-state index is -4.84. The van der Waals surface area contributed by atoms with Gasteiger partial charge in [-0.15, -0.1) is 25.6 Å². The average molecular weight is 453 g/mol. The molecule has 1 aliphatic heterocycles. The Bertz CT molecular complexity index is 864. The van der Waals surface area contributed by atoms with E-state index in [0.717, 1.165) is 0 Å². The van der Waals surface area contributed by atoms with Crippen molar-refractivity contribution in [3.05, 3.63) is 47.5 Å². The molecule has 2 aromatic rings. The molecule has 1 fully saturated rings. The number of nitrogens with one attached hydrogen (secondary N) is 2. The van der Waals surface area contributed by atoms with Crippen LogP contribution < -0.4 is 15.4 Å². The molecule has 1 amide bonds. The SMILES string of the molecule is Cl.O=C(Nc1ccc(-c2ccccc2OC(F)(F)F)c(Cl)c1)[C@H]1C[C@H](F)CCN1. The number of para-hydroxylation sites is 1. The largest absolute Gasteiger partial charge is 0.573 e. The number of alkyl halides is 4. The van der Waals surface area contributed by atoms with Gasteiger partial charge in [0.1, 0.15) is 11.9 Å². The zero-order chi connectivity index (χ0) is 20.3. The van der Waals surface area contributed by atoms with Crippen LogP contribution in [0.1, 0.15) is 12.8 Å². The first-order valence-electron chi connectivity index (χ1n) is 8.56. The summed E-state index contributed by atoms with van der Waals surface area (Å²) in [5.74, 6) is -0.777. The fraction of sp³-hybridized carbons (Fsp3) is 0.316. The summed E-state index contributed by atoms with van der Waals surface area (Å²) < 4.78 is 55.4. The number of hydrogen-bond acceptors (Lipinski definition) is 3. The van der Waals surface area contributed by atoms with Crippen molar-refractivity contribution in [3.63, 3.8) is 0 Å². The summed E-state index contributed by atoms with van der Waals surface area (Å²) in [6.07, 6.45) is -5.42. The standard InChI is InChI=1S/C19H17ClF4N2O2.ClH/c20-15-10-12(26-18(27)16-9-11(21)7-8-25-16)5-6-13(15)14-3-1-2-4-17(14)28-19(22,23)24;/h1-6,10-11,16,25H,7-9H2,(H,26,27);1H/t11-,16-;/m1./s1. The number of carbonyl (C=O) groups is 1. The van der Waals surface area contributed by atoms with E-state index in [-0.39, 0.29) is 35.2 Å². The molecule has 0 bridgehead atoms. The first-order valence-corrected chi connectivity index (χ1v) is 8.94. The Morgan fingerprint density at radius 3 is 2.55 bits per heavy atom. The molecule has 29 heavy (non-hydrogen) atoms. The van der Waals surface area contributed by atoms with Crippen molar-refractivity contribution in [1.82, 2.24) is 5.32 Å². The van der Waals surface area contributed by atoms with Crippen LogP contribution in [-0.4, -0.2) is 31.0 Å². The number of hydrogen-bond donors (Lipinski definition) is 2. The van der Waals surface area contributed by atoms with Crippen molar-refractivity contribution in [1.29, 1.82) is 0 Å². The molecular formula is C19H18Cl2F4N2O2. The molecule has 10 heteroatoms. The van der Waals surface area contributed by atoms with E-state index in [0.29, 0.717) is 24.2 Å². The zero-order valence-electron chi connectivity index (χ0n) is 14.9. The smallest absolute Gasteiger partial charge is 0.405 e. The second-order valence-corrected chi connectivity index (χ2v) is 6.76. The molecule has 2 N–H and O–H groups in total. The van der Waals surface area contributed by atoms with Gasteiger partial charge in [-0.05, 0) is 31.2 Å². The number of ether oxygens (including phenoxy) is 1. The minimum absolute atomic E-state index is 0. The van der Waals surface area contributed by atoms with Gasteiger partial charge in [0.05, 0.1) is 11.1 Å². The maximum absolute atomic E-state index is 13.5. The molecule has 4 nitrogen and oxygen atoms in total. The maximum atomic E-state index is 13.5. The van der Waals surface area contributed by atoms with Gasteiger partial charge in [0.2, 0.25) is 5.91 Å². The van der Waals surface area contributed by atoms with Crippen molar-refractivity contribution in [3.8, 4) is 16.9 Å². The van der Waals surface area contributed by atoms with E-state index in [2.05, 4.69) is 15.4 Å². The summed E-state index contributed by atoms with van der Waals surface area (Å²) >= 11 is 6.24. The summed E-state index contributed by atoms with van der Waals surface area (Å²) in [7, 11) is 0. The maximum Gasteiger partial charge on any atom is 0.573 e. The molecule has 1 saturated heterocycles. The van der Waals surface area contributed by atoms with Crippen molar-refractivity contribution in [2.45, 2.75) is 31.4 Å². The van der Waals surface area contributed by atoms with E-state index in [1.807, 2.05) is 0 Å². The Balaban J connectivity index is 0.00000300. The highest BCUT2D eigenvalue weighted by Crippen LogP contribution is 2.38. The summed E-state index contributed by atoms with van der Waals surface area (Å²) in [6, 6.07) is 9.40. The van der Waals surface area contributed by atoms with Gasteiger partial charge in [-0.2, -0.15) is 0 Å². The fourth-order valence-electron chi connectivity index (χ4n) is 3.01. The topological polar surface area (TPSA) is 50.4 Å². The Morgan fingerprint density at radius 1 is 1.17 bits per heavy atom. The highest BCUT2D eigenvalue weighted by Gasteiger charge is 2.32. The summed E-state index contributed by atoms with van der Waals surface area (Å²) in [5.41, 5.74) is 0.840. The first-order chi connectivity index (χ1) is 13.2. The number of piperidine rings is 1. The van der Waals surface area contributed by atoms with Crippen molar-refractivity contribution in [2.75, 3.05) is 11.9 Å². The number of rotatable bonds is 4. The van der Waals surface area contributed by atoms with Crippen LogP contribution in [0.4, 0.5) is 23.2 Å². The van der Waals surface area contributed by atoms with E-state index in [4.69, 9.17) is 11.6 Å².